The number of hydrogen-bond acceptors (Lipinski definition) is 2. The highest BCUT2D eigenvalue weighted by atomic mass is 35.5. The Kier molecular flexibility index (Phi) is 5.15. The van der Waals surface area contributed by atoms with E-state index < -0.39 is 0 Å². The van der Waals surface area contributed by atoms with Crippen molar-refractivity contribution >= 4 is 34.5 Å². The van der Waals surface area contributed by atoms with Crippen molar-refractivity contribution in [2.24, 2.45) is 0 Å². The summed E-state index contributed by atoms with van der Waals surface area (Å²) in [4.78, 5) is 14.9. The number of benzene rings is 1. The molecule has 0 N–H and O–H groups in total. The first-order chi connectivity index (χ1) is 9.60. The van der Waals surface area contributed by atoms with Crippen LogP contribution in [0, 0.1) is 5.82 Å². The van der Waals surface area contributed by atoms with Gasteiger partial charge in [-0.1, -0.05) is 17.7 Å². The van der Waals surface area contributed by atoms with Gasteiger partial charge in [0, 0.05) is 23.5 Å². The molecule has 0 spiro atoms. The maximum Gasteiger partial charge on any atom is 0.227 e. The molecule has 1 amide bonds. The molecule has 106 valence electrons. The molecule has 1 heterocycles. The minimum Gasteiger partial charge on any atom is -0.313 e. The number of thiophene rings is 1. The van der Waals surface area contributed by atoms with E-state index >= 15 is 0 Å². The number of carbonyl (C=O) groups excluding carboxylic acids is 1. The summed E-state index contributed by atoms with van der Waals surface area (Å²) in [5, 5.41) is 0. The molecule has 0 radical (unpaired) electrons. The average molecular weight is 312 g/mol. The van der Waals surface area contributed by atoms with Crippen LogP contribution in [0.2, 0.25) is 4.34 Å². The monoisotopic (exact) mass is 311 g/mol. The third-order valence-electron chi connectivity index (χ3n) is 2.95. The van der Waals surface area contributed by atoms with Crippen LogP contribution in [-0.4, -0.2) is 12.5 Å². The lowest BCUT2D eigenvalue weighted by atomic mass is 10.2. The van der Waals surface area contributed by atoms with Crippen LogP contribution < -0.4 is 4.90 Å². The number of halogens is 2. The Balaban J connectivity index is 2.02. The van der Waals surface area contributed by atoms with E-state index in [1.54, 1.807) is 17.0 Å². The second-order valence-corrected chi connectivity index (χ2v) is 6.12. The van der Waals surface area contributed by atoms with Crippen LogP contribution in [0.25, 0.3) is 0 Å². The van der Waals surface area contributed by atoms with Crippen LogP contribution in [0.4, 0.5) is 10.1 Å². The molecule has 0 unspecified atom stereocenters. The Morgan fingerprint density at radius 1 is 1.35 bits per heavy atom. The fourth-order valence-corrected chi connectivity index (χ4v) is 3.09. The van der Waals surface area contributed by atoms with Crippen LogP contribution in [0.1, 0.15) is 18.2 Å². The number of hydrogen-bond donors (Lipinski definition) is 0. The topological polar surface area (TPSA) is 20.3 Å². The molecule has 1 aromatic carbocycles. The lowest BCUT2D eigenvalue weighted by Crippen LogP contribution is -2.30. The van der Waals surface area contributed by atoms with Gasteiger partial charge in [-0.15, -0.1) is 11.3 Å². The molecule has 0 fully saturated rings. The minimum absolute atomic E-state index is 0.0115. The van der Waals surface area contributed by atoms with Crippen LogP contribution >= 0.6 is 22.9 Å². The lowest BCUT2D eigenvalue weighted by molar-refractivity contribution is -0.118. The molecule has 0 saturated heterocycles. The van der Waals surface area contributed by atoms with Gasteiger partial charge in [0.05, 0.1) is 4.34 Å². The fourth-order valence-electron chi connectivity index (χ4n) is 2.00. The maximum absolute atomic E-state index is 13.2. The first-order valence-electron chi connectivity index (χ1n) is 6.40. The molecule has 0 aliphatic carbocycles. The average Bonchev–Trinajstić information content (AvgIpc) is 2.83. The number of amides is 1. The van der Waals surface area contributed by atoms with Crippen molar-refractivity contribution in [3.05, 3.63) is 51.4 Å². The lowest BCUT2D eigenvalue weighted by Gasteiger charge is -2.21. The Morgan fingerprint density at radius 3 is 2.75 bits per heavy atom. The summed E-state index contributed by atoms with van der Waals surface area (Å²) in [5.41, 5.74) is 0.599. The molecule has 0 aliphatic heterocycles. The number of aryl methyl sites for hydroxylation is 1. The van der Waals surface area contributed by atoms with Crippen molar-refractivity contribution in [3.8, 4) is 0 Å². The number of nitrogens with zero attached hydrogens (tertiary/aromatic N) is 1. The second kappa shape index (κ2) is 6.86. The summed E-state index contributed by atoms with van der Waals surface area (Å²) in [6.45, 7) is 2.40. The van der Waals surface area contributed by atoms with Gasteiger partial charge in [0.2, 0.25) is 5.91 Å². The van der Waals surface area contributed by atoms with Gasteiger partial charge < -0.3 is 4.90 Å². The fraction of sp³-hybridized carbons (Fsp3) is 0.267. The summed E-state index contributed by atoms with van der Waals surface area (Å²) >= 11 is 7.34. The predicted molar refractivity (Wildman–Crippen MR) is 82.1 cm³/mol. The number of rotatable bonds is 5. The largest absolute Gasteiger partial charge is 0.313 e. The van der Waals surface area contributed by atoms with Crippen molar-refractivity contribution in [2.75, 3.05) is 11.4 Å². The van der Waals surface area contributed by atoms with Gasteiger partial charge in [-0.25, -0.2) is 4.39 Å². The summed E-state index contributed by atoms with van der Waals surface area (Å²) in [7, 11) is 0. The Bertz CT molecular complexity index is 599. The van der Waals surface area contributed by atoms with Gasteiger partial charge in [0.15, 0.2) is 0 Å². The molecular formula is C15H15ClFNOS. The normalized spacial score (nSPS) is 10.6. The number of anilines is 1. The standard InChI is InChI=1S/C15H15ClFNOS/c1-2-18(12-5-3-4-11(17)10-12)15(19)9-7-13-6-8-14(16)20-13/h3-6,8,10H,2,7,9H2,1H3. The quantitative estimate of drug-likeness (QED) is 0.794. The maximum atomic E-state index is 13.2. The zero-order chi connectivity index (χ0) is 14.5. The van der Waals surface area contributed by atoms with Crippen molar-refractivity contribution in [2.45, 2.75) is 19.8 Å². The van der Waals surface area contributed by atoms with Crippen LogP contribution in [0.3, 0.4) is 0 Å². The molecule has 0 saturated carbocycles. The van der Waals surface area contributed by atoms with E-state index in [-0.39, 0.29) is 11.7 Å². The summed E-state index contributed by atoms with van der Waals surface area (Å²) in [6.07, 6.45) is 1.04. The first kappa shape index (κ1) is 15.0. The van der Waals surface area contributed by atoms with E-state index in [4.69, 9.17) is 11.6 Å². The predicted octanol–water partition coefficient (Wildman–Crippen LogP) is 4.53. The van der Waals surface area contributed by atoms with Crippen LogP contribution in [0.15, 0.2) is 36.4 Å². The first-order valence-corrected chi connectivity index (χ1v) is 7.59. The van der Waals surface area contributed by atoms with Gasteiger partial charge >= 0.3 is 0 Å². The highest BCUT2D eigenvalue weighted by Crippen LogP contribution is 2.23. The summed E-state index contributed by atoms with van der Waals surface area (Å²) in [5.74, 6) is -0.346. The van der Waals surface area contributed by atoms with E-state index in [0.717, 1.165) is 9.21 Å². The molecule has 0 atom stereocenters. The van der Waals surface area contributed by atoms with E-state index in [1.807, 2.05) is 19.1 Å². The molecule has 5 heteroatoms. The molecule has 0 aliphatic rings. The summed E-state index contributed by atoms with van der Waals surface area (Å²) in [6, 6.07) is 9.86. The smallest absolute Gasteiger partial charge is 0.227 e. The Labute approximate surface area is 126 Å². The van der Waals surface area contributed by atoms with E-state index in [1.165, 1.54) is 23.5 Å². The van der Waals surface area contributed by atoms with Gasteiger partial charge in [-0.05, 0) is 43.7 Å². The molecule has 2 rings (SSSR count). The van der Waals surface area contributed by atoms with Crippen molar-refractivity contribution < 1.29 is 9.18 Å². The van der Waals surface area contributed by atoms with E-state index in [9.17, 15) is 9.18 Å². The molecule has 2 nitrogen and oxygen atoms in total. The minimum atomic E-state index is -0.334. The van der Waals surface area contributed by atoms with E-state index in [2.05, 4.69) is 0 Å². The van der Waals surface area contributed by atoms with E-state index in [0.29, 0.717) is 25.1 Å². The van der Waals surface area contributed by atoms with Gasteiger partial charge in [-0.2, -0.15) is 0 Å². The molecular weight excluding hydrogens is 297 g/mol. The van der Waals surface area contributed by atoms with Crippen molar-refractivity contribution in [3.63, 3.8) is 0 Å². The highest BCUT2D eigenvalue weighted by molar-refractivity contribution is 7.16. The van der Waals surface area contributed by atoms with Gasteiger partial charge in [-0.3, -0.25) is 4.79 Å². The second-order valence-electron chi connectivity index (χ2n) is 4.32. The number of carbonyl (C=O) groups is 1. The molecule has 0 bridgehead atoms. The Hall–Kier alpha value is -1.39. The highest BCUT2D eigenvalue weighted by Gasteiger charge is 2.14. The van der Waals surface area contributed by atoms with Gasteiger partial charge in [0.1, 0.15) is 5.82 Å². The third kappa shape index (κ3) is 3.81. The SMILES string of the molecule is CCN(C(=O)CCc1ccc(Cl)s1)c1cccc(F)c1. The molecule has 1 aromatic heterocycles. The molecule has 2 aromatic rings. The van der Waals surface area contributed by atoms with Gasteiger partial charge in [0.25, 0.3) is 0 Å². The Morgan fingerprint density at radius 2 is 2.15 bits per heavy atom. The van der Waals surface area contributed by atoms with Crippen molar-refractivity contribution in [1.82, 2.24) is 0 Å². The molecule has 20 heavy (non-hydrogen) atoms. The van der Waals surface area contributed by atoms with Crippen LogP contribution in [-0.2, 0) is 11.2 Å². The van der Waals surface area contributed by atoms with Crippen molar-refractivity contribution in [1.29, 1.82) is 0 Å². The third-order valence-corrected chi connectivity index (χ3v) is 4.24. The zero-order valence-electron chi connectivity index (χ0n) is 11.1. The zero-order valence-corrected chi connectivity index (χ0v) is 12.7. The summed E-state index contributed by atoms with van der Waals surface area (Å²) < 4.78 is 14.0. The van der Waals surface area contributed by atoms with Crippen LogP contribution in [0.5, 0.6) is 0 Å².